The highest BCUT2D eigenvalue weighted by atomic mass is 16.5. The van der Waals surface area contributed by atoms with Crippen molar-refractivity contribution in [3.63, 3.8) is 0 Å². The van der Waals surface area contributed by atoms with E-state index in [4.69, 9.17) is 15.2 Å². The standard InChI is InChI=1S/C25H27N5O2/c26-21(12-18-4-2-1-3-5-18)17-32-22-13-20(15-27-16-22)19-6-7-24-23(14-19)25(29-28-24)30-8-10-31-11-9-30/h1-7,13-16,21H,8-12,17,26H2,(H,28,29)/t21-/m0/s1. The van der Waals surface area contributed by atoms with E-state index in [2.05, 4.69) is 50.4 Å². The maximum Gasteiger partial charge on any atom is 0.158 e. The monoisotopic (exact) mass is 429 g/mol. The number of rotatable bonds is 7. The zero-order valence-electron chi connectivity index (χ0n) is 17.9. The van der Waals surface area contributed by atoms with Gasteiger partial charge in [0.15, 0.2) is 5.82 Å². The third-order valence-corrected chi connectivity index (χ3v) is 5.70. The zero-order valence-corrected chi connectivity index (χ0v) is 17.9. The highest BCUT2D eigenvalue weighted by Crippen LogP contribution is 2.30. The molecule has 1 atom stereocenters. The highest BCUT2D eigenvalue weighted by Gasteiger charge is 2.17. The van der Waals surface area contributed by atoms with Crippen LogP contribution in [-0.4, -0.2) is 54.1 Å². The minimum atomic E-state index is -0.0839. The second-order valence-electron chi connectivity index (χ2n) is 8.08. The van der Waals surface area contributed by atoms with Crippen molar-refractivity contribution in [2.45, 2.75) is 12.5 Å². The first-order chi connectivity index (χ1) is 15.8. The number of nitrogens with zero attached hydrogens (tertiary/aromatic N) is 3. The van der Waals surface area contributed by atoms with Gasteiger partial charge in [-0.15, -0.1) is 0 Å². The summed E-state index contributed by atoms with van der Waals surface area (Å²) in [5, 5.41) is 8.78. The Morgan fingerprint density at radius 3 is 2.72 bits per heavy atom. The first-order valence-electron chi connectivity index (χ1n) is 10.9. The van der Waals surface area contributed by atoms with Crippen LogP contribution in [0.4, 0.5) is 5.82 Å². The van der Waals surface area contributed by atoms with Crippen LogP contribution in [-0.2, 0) is 11.2 Å². The number of ether oxygens (including phenoxy) is 2. The molecule has 0 amide bonds. The molecule has 164 valence electrons. The van der Waals surface area contributed by atoms with Crippen molar-refractivity contribution >= 4 is 16.7 Å². The van der Waals surface area contributed by atoms with E-state index in [9.17, 15) is 0 Å². The number of H-pyrrole nitrogens is 1. The summed E-state index contributed by atoms with van der Waals surface area (Å²) >= 11 is 0. The van der Waals surface area contributed by atoms with Crippen LogP contribution in [0.25, 0.3) is 22.0 Å². The third kappa shape index (κ3) is 4.59. The number of morpholine rings is 1. The topological polar surface area (TPSA) is 89.3 Å². The van der Waals surface area contributed by atoms with E-state index in [1.807, 2.05) is 30.5 Å². The van der Waals surface area contributed by atoms with E-state index in [0.717, 1.165) is 60.6 Å². The molecule has 1 saturated heterocycles. The molecule has 2 aromatic carbocycles. The lowest BCUT2D eigenvalue weighted by Crippen LogP contribution is -2.36. The summed E-state index contributed by atoms with van der Waals surface area (Å²) < 4.78 is 11.4. The average molecular weight is 430 g/mol. The second-order valence-corrected chi connectivity index (χ2v) is 8.08. The highest BCUT2D eigenvalue weighted by molar-refractivity contribution is 5.93. The number of hydrogen-bond acceptors (Lipinski definition) is 6. The minimum Gasteiger partial charge on any atom is -0.490 e. The first kappa shape index (κ1) is 20.5. The van der Waals surface area contributed by atoms with Gasteiger partial charge in [0, 0.05) is 36.3 Å². The van der Waals surface area contributed by atoms with Gasteiger partial charge >= 0.3 is 0 Å². The van der Waals surface area contributed by atoms with Crippen molar-refractivity contribution < 1.29 is 9.47 Å². The molecule has 0 radical (unpaired) electrons. The molecule has 0 unspecified atom stereocenters. The lowest BCUT2D eigenvalue weighted by Gasteiger charge is -2.26. The van der Waals surface area contributed by atoms with Gasteiger partial charge in [-0.05, 0) is 35.7 Å². The number of pyridine rings is 1. The van der Waals surface area contributed by atoms with Crippen molar-refractivity contribution in [1.82, 2.24) is 15.2 Å². The predicted octanol–water partition coefficient (Wildman–Crippen LogP) is 3.41. The van der Waals surface area contributed by atoms with Gasteiger partial charge in [-0.1, -0.05) is 36.4 Å². The first-order valence-corrected chi connectivity index (χ1v) is 10.9. The fourth-order valence-corrected chi connectivity index (χ4v) is 4.03. The number of hydrogen-bond donors (Lipinski definition) is 2. The molecule has 2 aromatic heterocycles. The summed E-state index contributed by atoms with van der Waals surface area (Å²) in [6.45, 7) is 3.58. The number of fused-ring (bicyclic) bond motifs is 1. The molecule has 7 heteroatoms. The summed E-state index contributed by atoms with van der Waals surface area (Å²) in [4.78, 5) is 6.65. The molecule has 7 nitrogen and oxygen atoms in total. The van der Waals surface area contributed by atoms with Gasteiger partial charge in [-0.2, -0.15) is 5.10 Å². The van der Waals surface area contributed by atoms with Crippen LogP contribution in [0.2, 0.25) is 0 Å². The molecule has 32 heavy (non-hydrogen) atoms. The second kappa shape index (κ2) is 9.38. The van der Waals surface area contributed by atoms with E-state index >= 15 is 0 Å². The van der Waals surface area contributed by atoms with Crippen molar-refractivity contribution in [1.29, 1.82) is 0 Å². The SMILES string of the molecule is N[C@H](COc1cncc(-c2ccc3[nH]nc(N4CCOCC4)c3c2)c1)Cc1ccccc1. The molecule has 5 rings (SSSR count). The van der Waals surface area contributed by atoms with Gasteiger partial charge in [0.05, 0.1) is 24.9 Å². The predicted molar refractivity (Wildman–Crippen MR) is 126 cm³/mol. The van der Waals surface area contributed by atoms with Crippen molar-refractivity contribution in [3.8, 4) is 16.9 Å². The molecule has 1 fully saturated rings. The number of nitrogens with one attached hydrogen (secondary N) is 1. The Balaban J connectivity index is 1.31. The molecule has 0 spiro atoms. The van der Waals surface area contributed by atoms with Crippen molar-refractivity contribution in [2.24, 2.45) is 5.73 Å². The Kier molecular flexibility index (Phi) is 6.00. The van der Waals surface area contributed by atoms with Crippen LogP contribution in [0.1, 0.15) is 5.56 Å². The number of nitrogens with two attached hydrogens (primary N) is 1. The quantitative estimate of drug-likeness (QED) is 0.468. The van der Waals surface area contributed by atoms with Crippen LogP contribution in [0.5, 0.6) is 5.75 Å². The van der Waals surface area contributed by atoms with Crippen LogP contribution in [0, 0.1) is 0 Å². The fraction of sp³-hybridized carbons (Fsp3) is 0.280. The maximum atomic E-state index is 6.27. The summed E-state index contributed by atoms with van der Waals surface area (Å²) in [5.41, 5.74) is 10.6. The normalized spacial score (nSPS) is 15.1. The summed E-state index contributed by atoms with van der Waals surface area (Å²) in [5.74, 6) is 1.68. The molecule has 4 aromatic rings. The van der Waals surface area contributed by atoms with Crippen molar-refractivity contribution in [2.75, 3.05) is 37.8 Å². The van der Waals surface area contributed by atoms with Crippen LogP contribution in [0.15, 0.2) is 67.0 Å². The van der Waals surface area contributed by atoms with Gasteiger partial charge in [0.2, 0.25) is 0 Å². The van der Waals surface area contributed by atoms with E-state index < -0.39 is 0 Å². The third-order valence-electron chi connectivity index (χ3n) is 5.70. The Bertz CT molecular complexity index is 1170. The largest absolute Gasteiger partial charge is 0.490 e. The Hall–Kier alpha value is -3.42. The maximum absolute atomic E-state index is 6.27. The molecule has 3 N–H and O–H groups in total. The van der Waals surface area contributed by atoms with Gasteiger partial charge in [-0.3, -0.25) is 10.1 Å². The van der Waals surface area contributed by atoms with Gasteiger partial charge < -0.3 is 20.1 Å². The molecule has 3 heterocycles. The molecule has 1 aliphatic rings. The smallest absolute Gasteiger partial charge is 0.158 e. The Morgan fingerprint density at radius 2 is 1.88 bits per heavy atom. The number of benzene rings is 2. The lowest BCUT2D eigenvalue weighted by atomic mass is 10.1. The summed E-state index contributed by atoms with van der Waals surface area (Å²) in [7, 11) is 0. The lowest BCUT2D eigenvalue weighted by molar-refractivity contribution is 0.122. The zero-order chi connectivity index (χ0) is 21.8. The van der Waals surface area contributed by atoms with Crippen LogP contribution >= 0.6 is 0 Å². The average Bonchev–Trinajstić information content (AvgIpc) is 3.27. The van der Waals surface area contributed by atoms with Crippen LogP contribution < -0.4 is 15.4 Å². The molecule has 1 aliphatic heterocycles. The van der Waals surface area contributed by atoms with Crippen LogP contribution in [0.3, 0.4) is 0 Å². The fourth-order valence-electron chi connectivity index (χ4n) is 4.03. The molecular formula is C25H27N5O2. The summed E-state index contributed by atoms with van der Waals surface area (Å²) in [6, 6.07) is 18.4. The summed E-state index contributed by atoms with van der Waals surface area (Å²) in [6.07, 6.45) is 4.36. The van der Waals surface area contributed by atoms with E-state index in [1.54, 1.807) is 6.20 Å². The molecule has 0 bridgehead atoms. The van der Waals surface area contributed by atoms with E-state index in [1.165, 1.54) is 5.56 Å². The minimum absolute atomic E-state index is 0.0839. The van der Waals surface area contributed by atoms with Gasteiger partial charge in [0.25, 0.3) is 0 Å². The van der Waals surface area contributed by atoms with Crippen molar-refractivity contribution in [3.05, 3.63) is 72.6 Å². The number of aromatic amines is 1. The Morgan fingerprint density at radius 1 is 1.03 bits per heavy atom. The molecule has 0 aliphatic carbocycles. The molecular weight excluding hydrogens is 402 g/mol. The number of anilines is 1. The van der Waals surface area contributed by atoms with E-state index in [-0.39, 0.29) is 6.04 Å². The van der Waals surface area contributed by atoms with E-state index in [0.29, 0.717) is 12.4 Å². The Labute approximate surface area is 187 Å². The number of aromatic nitrogens is 3. The molecule has 0 saturated carbocycles. The van der Waals surface area contributed by atoms with Gasteiger partial charge in [0.1, 0.15) is 12.4 Å². The van der Waals surface area contributed by atoms with Gasteiger partial charge in [-0.25, -0.2) is 0 Å².